The zero-order chi connectivity index (χ0) is 10.6. The number of rotatable bonds is 3. The minimum atomic E-state index is 0.461. The van der Waals surface area contributed by atoms with E-state index in [1.807, 2.05) is 19.9 Å². The number of furan rings is 1. The highest BCUT2D eigenvalue weighted by atomic mass is 16.3. The molecule has 0 radical (unpaired) electrons. The van der Waals surface area contributed by atoms with Crippen molar-refractivity contribution in [3.8, 4) is 6.07 Å². The van der Waals surface area contributed by atoms with Crippen molar-refractivity contribution in [1.82, 2.24) is 0 Å². The Balaban J connectivity index is 3.02. The summed E-state index contributed by atoms with van der Waals surface area (Å²) in [4.78, 5) is 0. The van der Waals surface area contributed by atoms with Gasteiger partial charge in [-0.05, 0) is 25.5 Å². The second-order valence-electron chi connectivity index (χ2n) is 3.16. The van der Waals surface area contributed by atoms with Gasteiger partial charge in [-0.3, -0.25) is 0 Å². The number of aryl methyl sites for hydroxylation is 1. The van der Waals surface area contributed by atoms with E-state index in [0.717, 1.165) is 12.2 Å². The summed E-state index contributed by atoms with van der Waals surface area (Å²) in [5.74, 6) is 1.39. The fourth-order valence-electron chi connectivity index (χ4n) is 1.23. The monoisotopic (exact) mass is 190 g/mol. The number of nitriles is 1. The molecule has 74 valence electrons. The van der Waals surface area contributed by atoms with Crippen LogP contribution in [-0.2, 0) is 0 Å². The van der Waals surface area contributed by atoms with Gasteiger partial charge in [0.2, 0.25) is 0 Å². The number of hydrogen-bond donors (Lipinski definition) is 1. The molecule has 0 atom stereocenters. The Labute approximate surface area is 83.8 Å². The summed E-state index contributed by atoms with van der Waals surface area (Å²) in [7, 11) is 0. The van der Waals surface area contributed by atoms with E-state index in [4.69, 9.17) is 15.4 Å². The zero-order valence-corrected chi connectivity index (χ0v) is 8.50. The molecule has 2 N–H and O–H groups in total. The summed E-state index contributed by atoms with van der Waals surface area (Å²) in [6.45, 7) is 3.86. The molecule has 0 aliphatic heterocycles. The molecule has 0 aromatic carbocycles. The predicted octanol–water partition coefficient (Wildman–Crippen LogP) is 2.58. The summed E-state index contributed by atoms with van der Waals surface area (Å²) in [5, 5.41) is 8.87. The van der Waals surface area contributed by atoms with Gasteiger partial charge in [0, 0.05) is 0 Å². The molecule has 1 aromatic rings. The van der Waals surface area contributed by atoms with Gasteiger partial charge >= 0.3 is 0 Å². The van der Waals surface area contributed by atoms with Crippen LogP contribution in [0.4, 0.5) is 0 Å². The largest absolute Gasteiger partial charge is 0.460 e. The van der Waals surface area contributed by atoms with Crippen LogP contribution < -0.4 is 5.73 Å². The minimum absolute atomic E-state index is 0.461. The quantitative estimate of drug-likeness (QED) is 0.745. The van der Waals surface area contributed by atoms with Crippen LogP contribution in [0.15, 0.2) is 22.1 Å². The maximum atomic E-state index is 8.87. The topological polar surface area (TPSA) is 63.0 Å². The minimum Gasteiger partial charge on any atom is -0.460 e. The fourth-order valence-corrected chi connectivity index (χ4v) is 1.23. The number of allylic oxidation sites excluding steroid dienone is 1. The number of nitrogens with zero attached hydrogens (tertiary/aromatic N) is 1. The molecule has 0 saturated carbocycles. The molecule has 0 amide bonds. The Hall–Kier alpha value is -1.69. The van der Waals surface area contributed by atoms with Crippen molar-refractivity contribution in [3.63, 3.8) is 0 Å². The second kappa shape index (κ2) is 4.52. The second-order valence-corrected chi connectivity index (χ2v) is 3.16. The first-order valence-electron chi connectivity index (χ1n) is 4.64. The van der Waals surface area contributed by atoms with Crippen LogP contribution in [0.1, 0.15) is 31.3 Å². The third-order valence-electron chi connectivity index (χ3n) is 1.97. The van der Waals surface area contributed by atoms with Gasteiger partial charge < -0.3 is 10.2 Å². The van der Waals surface area contributed by atoms with Crippen molar-refractivity contribution >= 4 is 5.70 Å². The molecule has 3 nitrogen and oxygen atoms in total. The molecule has 1 rings (SSSR count). The first kappa shape index (κ1) is 10.4. The summed E-state index contributed by atoms with van der Waals surface area (Å²) < 4.78 is 5.34. The molecule has 0 unspecified atom stereocenters. The summed E-state index contributed by atoms with van der Waals surface area (Å²) in [6, 6.07) is 5.73. The number of hydrogen-bond acceptors (Lipinski definition) is 3. The highest BCUT2D eigenvalue weighted by Crippen LogP contribution is 2.18. The van der Waals surface area contributed by atoms with E-state index in [1.165, 1.54) is 0 Å². The van der Waals surface area contributed by atoms with Crippen molar-refractivity contribution < 1.29 is 4.42 Å². The van der Waals surface area contributed by atoms with Crippen LogP contribution in [0.25, 0.3) is 5.70 Å². The highest BCUT2D eigenvalue weighted by Gasteiger charge is 2.07. The van der Waals surface area contributed by atoms with Crippen LogP contribution >= 0.6 is 0 Å². The molecule has 14 heavy (non-hydrogen) atoms. The SMILES string of the molecule is CCC/C(C#N)=C(/N)c1ccc(C)o1. The van der Waals surface area contributed by atoms with Crippen molar-refractivity contribution in [2.45, 2.75) is 26.7 Å². The van der Waals surface area contributed by atoms with Crippen LogP contribution in [0.5, 0.6) is 0 Å². The molecule has 1 heterocycles. The van der Waals surface area contributed by atoms with Gasteiger partial charge in [0.1, 0.15) is 5.76 Å². The predicted molar refractivity (Wildman–Crippen MR) is 55.1 cm³/mol. The lowest BCUT2D eigenvalue weighted by molar-refractivity contribution is 0.520. The van der Waals surface area contributed by atoms with Crippen LogP contribution in [-0.4, -0.2) is 0 Å². The summed E-state index contributed by atoms with van der Waals surface area (Å²) in [6.07, 6.45) is 1.60. The van der Waals surface area contributed by atoms with Crippen molar-refractivity contribution in [2.75, 3.05) is 0 Å². The molecule has 3 heteroatoms. The van der Waals surface area contributed by atoms with Gasteiger partial charge in [-0.2, -0.15) is 5.26 Å². The van der Waals surface area contributed by atoms with Gasteiger partial charge in [0.05, 0.1) is 17.3 Å². The van der Waals surface area contributed by atoms with Crippen LogP contribution in [0.3, 0.4) is 0 Å². The van der Waals surface area contributed by atoms with E-state index in [0.29, 0.717) is 23.5 Å². The smallest absolute Gasteiger partial charge is 0.150 e. The van der Waals surface area contributed by atoms with E-state index in [1.54, 1.807) is 6.07 Å². The molecule has 1 aromatic heterocycles. The van der Waals surface area contributed by atoms with E-state index in [2.05, 4.69) is 6.07 Å². The normalized spacial score (nSPS) is 12.1. The Bertz CT molecular complexity index is 382. The summed E-state index contributed by atoms with van der Waals surface area (Å²) in [5.41, 5.74) is 6.87. The van der Waals surface area contributed by atoms with Gasteiger partial charge in [-0.25, -0.2) is 0 Å². The van der Waals surface area contributed by atoms with Gasteiger partial charge in [-0.1, -0.05) is 13.3 Å². The van der Waals surface area contributed by atoms with Gasteiger partial charge in [0.25, 0.3) is 0 Å². The van der Waals surface area contributed by atoms with E-state index >= 15 is 0 Å². The lowest BCUT2D eigenvalue weighted by Crippen LogP contribution is -1.99. The van der Waals surface area contributed by atoms with E-state index in [-0.39, 0.29) is 0 Å². The van der Waals surface area contributed by atoms with Crippen LogP contribution in [0.2, 0.25) is 0 Å². The summed E-state index contributed by atoms with van der Waals surface area (Å²) >= 11 is 0. The molecule has 0 aliphatic rings. The van der Waals surface area contributed by atoms with Gasteiger partial charge in [-0.15, -0.1) is 0 Å². The standard InChI is InChI=1S/C11H14N2O/c1-3-4-9(7-12)11(13)10-6-5-8(2)14-10/h5-6H,3-4,13H2,1-2H3/b11-9-. The average molecular weight is 190 g/mol. The van der Waals surface area contributed by atoms with Gasteiger partial charge in [0.15, 0.2) is 5.76 Å². The highest BCUT2D eigenvalue weighted by molar-refractivity contribution is 5.65. The van der Waals surface area contributed by atoms with Crippen molar-refractivity contribution in [3.05, 3.63) is 29.2 Å². The maximum absolute atomic E-state index is 8.87. The Morgan fingerprint density at radius 3 is 2.71 bits per heavy atom. The third-order valence-corrected chi connectivity index (χ3v) is 1.97. The average Bonchev–Trinajstić information content (AvgIpc) is 2.60. The maximum Gasteiger partial charge on any atom is 0.150 e. The lowest BCUT2D eigenvalue weighted by atomic mass is 10.1. The first-order valence-corrected chi connectivity index (χ1v) is 4.64. The van der Waals surface area contributed by atoms with E-state index in [9.17, 15) is 0 Å². The molecule has 0 aliphatic carbocycles. The lowest BCUT2D eigenvalue weighted by Gasteiger charge is -2.00. The molecule has 0 fully saturated rings. The molecule has 0 saturated heterocycles. The fraction of sp³-hybridized carbons (Fsp3) is 0.364. The van der Waals surface area contributed by atoms with Crippen LogP contribution in [0, 0.1) is 18.3 Å². The zero-order valence-electron chi connectivity index (χ0n) is 8.50. The van der Waals surface area contributed by atoms with E-state index < -0.39 is 0 Å². The van der Waals surface area contributed by atoms with Crippen molar-refractivity contribution in [1.29, 1.82) is 5.26 Å². The third kappa shape index (κ3) is 2.17. The molecular formula is C11H14N2O. The number of nitrogens with two attached hydrogens (primary N) is 1. The molecule has 0 spiro atoms. The molecular weight excluding hydrogens is 176 g/mol. The first-order chi connectivity index (χ1) is 6.69. The van der Waals surface area contributed by atoms with Crippen molar-refractivity contribution in [2.24, 2.45) is 5.73 Å². The Kier molecular flexibility index (Phi) is 3.35. The Morgan fingerprint density at radius 2 is 2.29 bits per heavy atom. The Morgan fingerprint density at radius 1 is 1.57 bits per heavy atom. The molecule has 0 bridgehead atoms.